The molecular weight excluding hydrogens is 148 g/mol. The quantitative estimate of drug-likeness (QED) is 0.575. The lowest BCUT2D eigenvalue weighted by molar-refractivity contribution is -0.118. The van der Waals surface area contributed by atoms with E-state index in [-0.39, 0.29) is 0 Å². The highest BCUT2D eigenvalue weighted by Crippen LogP contribution is 2.25. The molecule has 0 bridgehead atoms. The largest absolute Gasteiger partial charge is 0.300 e. The maximum Gasteiger partial charge on any atom is 0.133 e. The SMILES string of the molecule is CCC1=C(CC)CCC(=O)CC1. The van der Waals surface area contributed by atoms with Gasteiger partial charge in [0.05, 0.1) is 0 Å². The highest BCUT2D eigenvalue weighted by atomic mass is 16.1. The molecule has 0 saturated carbocycles. The first-order valence-corrected chi connectivity index (χ1v) is 4.99. The predicted octanol–water partition coefficient (Wildman–Crippen LogP) is 3.25. The number of hydrogen-bond donors (Lipinski definition) is 0. The summed E-state index contributed by atoms with van der Waals surface area (Å²) in [4.78, 5) is 11.2. The van der Waals surface area contributed by atoms with Crippen LogP contribution in [0.3, 0.4) is 0 Å². The predicted molar refractivity (Wildman–Crippen MR) is 51.1 cm³/mol. The van der Waals surface area contributed by atoms with Crippen molar-refractivity contribution < 1.29 is 4.79 Å². The molecule has 0 aromatic rings. The molecule has 0 N–H and O–H groups in total. The van der Waals surface area contributed by atoms with Gasteiger partial charge in [0.2, 0.25) is 0 Å². The minimum absolute atomic E-state index is 0.449. The molecule has 0 fully saturated rings. The summed E-state index contributed by atoms with van der Waals surface area (Å²) in [5, 5.41) is 0. The summed E-state index contributed by atoms with van der Waals surface area (Å²) < 4.78 is 0. The molecule has 0 unspecified atom stereocenters. The van der Waals surface area contributed by atoms with Crippen LogP contribution < -0.4 is 0 Å². The topological polar surface area (TPSA) is 17.1 Å². The Hall–Kier alpha value is -0.590. The maximum atomic E-state index is 11.2. The summed E-state index contributed by atoms with van der Waals surface area (Å²) >= 11 is 0. The molecule has 0 heterocycles. The molecule has 12 heavy (non-hydrogen) atoms. The standard InChI is InChI=1S/C11H18O/c1-3-9-5-7-11(12)8-6-10(9)4-2/h3-8H2,1-2H3. The second-order valence-corrected chi connectivity index (χ2v) is 3.45. The zero-order chi connectivity index (χ0) is 8.97. The summed E-state index contributed by atoms with van der Waals surface area (Å²) in [5.74, 6) is 0.449. The van der Waals surface area contributed by atoms with E-state index in [1.165, 1.54) is 0 Å². The lowest BCUT2D eigenvalue weighted by Crippen LogP contribution is -1.93. The van der Waals surface area contributed by atoms with Gasteiger partial charge in [-0.25, -0.2) is 0 Å². The zero-order valence-electron chi connectivity index (χ0n) is 8.15. The molecule has 1 nitrogen and oxygen atoms in total. The second-order valence-electron chi connectivity index (χ2n) is 3.45. The number of Topliss-reactive ketones (excluding diaryl/α,β-unsaturated/α-hetero) is 1. The fraction of sp³-hybridized carbons (Fsp3) is 0.727. The third-order valence-electron chi connectivity index (χ3n) is 2.76. The van der Waals surface area contributed by atoms with Gasteiger partial charge in [0, 0.05) is 12.8 Å². The Labute approximate surface area is 74.9 Å². The van der Waals surface area contributed by atoms with Crippen LogP contribution in [0.4, 0.5) is 0 Å². The van der Waals surface area contributed by atoms with Crippen LogP contribution >= 0.6 is 0 Å². The highest BCUT2D eigenvalue weighted by molar-refractivity contribution is 5.79. The molecule has 0 aromatic heterocycles. The van der Waals surface area contributed by atoms with E-state index < -0.39 is 0 Å². The van der Waals surface area contributed by atoms with Crippen LogP contribution in [0, 0.1) is 0 Å². The average Bonchev–Trinajstić information content (AvgIpc) is 2.27. The Morgan fingerprint density at radius 3 is 1.67 bits per heavy atom. The normalized spacial score (nSPS) is 19.7. The van der Waals surface area contributed by atoms with Gasteiger partial charge >= 0.3 is 0 Å². The van der Waals surface area contributed by atoms with Crippen molar-refractivity contribution in [1.82, 2.24) is 0 Å². The number of rotatable bonds is 2. The molecule has 68 valence electrons. The first-order valence-electron chi connectivity index (χ1n) is 4.99. The fourth-order valence-electron chi connectivity index (χ4n) is 1.91. The smallest absolute Gasteiger partial charge is 0.133 e. The van der Waals surface area contributed by atoms with Gasteiger partial charge < -0.3 is 0 Å². The maximum absolute atomic E-state index is 11.2. The summed E-state index contributed by atoms with van der Waals surface area (Å²) in [7, 11) is 0. The Morgan fingerprint density at radius 2 is 1.33 bits per heavy atom. The van der Waals surface area contributed by atoms with E-state index in [1.807, 2.05) is 0 Å². The van der Waals surface area contributed by atoms with Crippen molar-refractivity contribution in [2.75, 3.05) is 0 Å². The Kier molecular flexibility index (Phi) is 3.51. The van der Waals surface area contributed by atoms with E-state index in [4.69, 9.17) is 0 Å². The number of hydrogen-bond acceptors (Lipinski definition) is 1. The zero-order valence-corrected chi connectivity index (χ0v) is 8.15. The van der Waals surface area contributed by atoms with Gasteiger partial charge in [0.15, 0.2) is 0 Å². The molecule has 0 saturated heterocycles. The molecular formula is C11H18O. The third kappa shape index (κ3) is 2.20. The van der Waals surface area contributed by atoms with Crippen LogP contribution in [-0.2, 0) is 4.79 Å². The summed E-state index contributed by atoms with van der Waals surface area (Å²) in [6, 6.07) is 0. The Bertz CT molecular complexity index is 181. The summed E-state index contributed by atoms with van der Waals surface area (Å²) in [6.07, 6.45) is 5.89. The minimum atomic E-state index is 0.449. The van der Waals surface area contributed by atoms with Crippen LogP contribution in [0.1, 0.15) is 52.4 Å². The number of allylic oxidation sites excluding steroid dienone is 2. The van der Waals surface area contributed by atoms with Crippen molar-refractivity contribution in [3.63, 3.8) is 0 Å². The number of carbonyl (C=O) groups excluding carboxylic acids is 1. The van der Waals surface area contributed by atoms with Gasteiger partial charge in [0.1, 0.15) is 5.78 Å². The molecule has 0 radical (unpaired) electrons. The molecule has 1 heteroatoms. The van der Waals surface area contributed by atoms with Gasteiger partial charge in [-0.05, 0) is 25.7 Å². The molecule has 1 aliphatic rings. The van der Waals surface area contributed by atoms with Crippen molar-refractivity contribution >= 4 is 5.78 Å². The van der Waals surface area contributed by atoms with Crippen LogP contribution in [-0.4, -0.2) is 5.78 Å². The monoisotopic (exact) mass is 166 g/mol. The van der Waals surface area contributed by atoms with Crippen molar-refractivity contribution in [1.29, 1.82) is 0 Å². The van der Waals surface area contributed by atoms with Gasteiger partial charge in [-0.15, -0.1) is 0 Å². The average molecular weight is 166 g/mol. The number of ketones is 1. The Morgan fingerprint density at radius 1 is 0.917 bits per heavy atom. The van der Waals surface area contributed by atoms with Crippen LogP contribution in [0.5, 0.6) is 0 Å². The molecule has 0 atom stereocenters. The second kappa shape index (κ2) is 4.44. The van der Waals surface area contributed by atoms with Crippen molar-refractivity contribution in [2.24, 2.45) is 0 Å². The van der Waals surface area contributed by atoms with Gasteiger partial charge in [-0.3, -0.25) is 4.79 Å². The fourth-order valence-corrected chi connectivity index (χ4v) is 1.91. The minimum Gasteiger partial charge on any atom is -0.300 e. The molecule has 0 spiro atoms. The molecule has 0 aromatic carbocycles. The van der Waals surface area contributed by atoms with E-state index in [9.17, 15) is 4.79 Å². The lowest BCUT2D eigenvalue weighted by atomic mass is 9.99. The highest BCUT2D eigenvalue weighted by Gasteiger charge is 2.12. The Balaban J connectivity index is 2.71. The van der Waals surface area contributed by atoms with E-state index in [1.54, 1.807) is 11.1 Å². The van der Waals surface area contributed by atoms with Crippen LogP contribution in [0.25, 0.3) is 0 Å². The van der Waals surface area contributed by atoms with E-state index >= 15 is 0 Å². The molecule has 0 aliphatic heterocycles. The van der Waals surface area contributed by atoms with E-state index in [0.717, 1.165) is 38.5 Å². The lowest BCUT2D eigenvalue weighted by Gasteiger charge is -2.07. The van der Waals surface area contributed by atoms with Gasteiger partial charge in [-0.1, -0.05) is 25.0 Å². The number of carbonyl (C=O) groups is 1. The van der Waals surface area contributed by atoms with E-state index in [2.05, 4.69) is 13.8 Å². The third-order valence-corrected chi connectivity index (χ3v) is 2.76. The van der Waals surface area contributed by atoms with Gasteiger partial charge in [-0.2, -0.15) is 0 Å². The molecule has 1 aliphatic carbocycles. The van der Waals surface area contributed by atoms with Crippen molar-refractivity contribution in [2.45, 2.75) is 52.4 Å². The van der Waals surface area contributed by atoms with Crippen molar-refractivity contribution in [3.05, 3.63) is 11.1 Å². The first kappa shape index (κ1) is 9.50. The summed E-state index contributed by atoms with van der Waals surface area (Å²) in [6.45, 7) is 4.39. The molecule has 1 rings (SSSR count). The van der Waals surface area contributed by atoms with Crippen molar-refractivity contribution in [3.8, 4) is 0 Å². The van der Waals surface area contributed by atoms with Crippen LogP contribution in [0.2, 0.25) is 0 Å². The molecule has 0 amide bonds. The summed E-state index contributed by atoms with van der Waals surface area (Å²) in [5.41, 5.74) is 3.09. The van der Waals surface area contributed by atoms with Crippen LogP contribution in [0.15, 0.2) is 11.1 Å². The van der Waals surface area contributed by atoms with Gasteiger partial charge in [0.25, 0.3) is 0 Å². The first-order chi connectivity index (χ1) is 5.77. The van der Waals surface area contributed by atoms with E-state index in [0.29, 0.717) is 5.78 Å².